The van der Waals surface area contributed by atoms with E-state index < -0.39 is 23.8 Å². The molecule has 0 radical (unpaired) electrons. The Morgan fingerprint density at radius 1 is 1.17 bits per heavy atom. The minimum absolute atomic E-state index is 0.0240. The van der Waals surface area contributed by atoms with Gasteiger partial charge in [-0.2, -0.15) is 4.98 Å². The van der Waals surface area contributed by atoms with Gasteiger partial charge in [-0.05, 0) is 37.1 Å². The molecule has 0 spiro atoms. The summed E-state index contributed by atoms with van der Waals surface area (Å²) in [7, 11) is 1.69. The van der Waals surface area contributed by atoms with Gasteiger partial charge in [0.25, 0.3) is 5.56 Å². The van der Waals surface area contributed by atoms with Crippen molar-refractivity contribution in [1.82, 2.24) is 19.1 Å². The smallest absolute Gasteiger partial charge is 0.353 e. The van der Waals surface area contributed by atoms with Crippen LogP contribution in [0.5, 0.6) is 0 Å². The molecule has 2 heterocycles. The third kappa shape index (κ3) is 2.28. The summed E-state index contributed by atoms with van der Waals surface area (Å²) in [4.78, 5) is 43.3. The number of benzene rings is 1. The number of aromatic nitrogens is 4. The number of hydrogen-bond acceptors (Lipinski definition) is 5. The maximum absolute atomic E-state index is 12.4. The van der Waals surface area contributed by atoms with Crippen LogP contribution in [0.2, 0.25) is 0 Å². The zero-order valence-corrected chi connectivity index (χ0v) is 12.8. The summed E-state index contributed by atoms with van der Waals surface area (Å²) in [6.45, 7) is 3.15. The number of hydrogen-bond donors (Lipinski definition) is 1. The summed E-state index contributed by atoms with van der Waals surface area (Å²) in [5.74, 6) is -1.15. The Labute approximate surface area is 130 Å². The van der Waals surface area contributed by atoms with Crippen LogP contribution in [-0.2, 0) is 18.4 Å². The second-order valence-corrected chi connectivity index (χ2v) is 5.45. The molecular formula is C15H14N4O4. The third-order valence-corrected chi connectivity index (χ3v) is 3.89. The van der Waals surface area contributed by atoms with Crippen molar-refractivity contribution < 1.29 is 9.90 Å². The normalized spacial score (nSPS) is 11.3. The molecule has 0 aromatic heterocycles. The fraction of sp³-hybridized carbons (Fsp3) is 0.267. The Bertz CT molecular complexity index is 1050. The van der Waals surface area contributed by atoms with Crippen molar-refractivity contribution in [3.8, 4) is 11.5 Å². The first kappa shape index (κ1) is 14.9. The lowest BCUT2D eigenvalue weighted by molar-refractivity contribution is -0.137. The SMILES string of the molecule is Cc1cc2nc3c(=O)n(CC(=O)O)c(=O)nc-3n(C)c2cc1C. The van der Waals surface area contributed by atoms with E-state index in [0.29, 0.717) is 10.1 Å². The molecule has 1 N–H and O–H groups in total. The summed E-state index contributed by atoms with van der Waals surface area (Å²) >= 11 is 0. The van der Waals surface area contributed by atoms with Gasteiger partial charge in [0.05, 0.1) is 11.0 Å². The molecule has 2 aliphatic heterocycles. The molecule has 0 unspecified atom stereocenters. The Morgan fingerprint density at radius 3 is 2.48 bits per heavy atom. The average Bonchev–Trinajstić information content (AvgIpc) is 2.47. The van der Waals surface area contributed by atoms with Gasteiger partial charge in [0.15, 0.2) is 11.5 Å². The first-order valence-corrected chi connectivity index (χ1v) is 6.90. The average molecular weight is 314 g/mol. The molecule has 0 saturated heterocycles. The number of fused-ring (bicyclic) bond motifs is 2. The van der Waals surface area contributed by atoms with Crippen LogP contribution in [0.4, 0.5) is 0 Å². The summed E-state index contributed by atoms with van der Waals surface area (Å²) in [5.41, 5.74) is 1.72. The number of carboxylic acid groups (broad SMARTS) is 1. The Kier molecular flexibility index (Phi) is 3.24. The molecule has 0 bridgehead atoms. The minimum Gasteiger partial charge on any atom is -0.480 e. The van der Waals surface area contributed by atoms with Crippen molar-refractivity contribution in [3.05, 3.63) is 44.1 Å². The van der Waals surface area contributed by atoms with Crippen LogP contribution in [0.3, 0.4) is 0 Å². The van der Waals surface area contributed by atoms with E-state index >= 15 is 0 Å². The number of nitrogens with zero attached hydrogens (tertiary/aromatic N) is 4. The van der Waals surface area contributed by atoms with Gasteiger partial charge in [-0.1, -0.05) is 0 Å². The van der Waals surface area contributed by atoms with E-state index in [1.807, 2.05) is 26.0 Å². The molecule has 0 amide bonds. The summed E-state index contributed by atoms with van der Waals surface area (Å²) < 4.78 is 2.20. The molecule has 0 fully saturated rings. The van der Waals surface area contributed by atoms with E-state index in [1.54, 1.807) is 11.6 Å². The van der Waals surface area contributed by atoms with Crippen LogP contribution in [0.15, 0.2) is 21.7 Å². The molecule has 0 saturated carbocycles. The van der Waals surface area contributed by atoms with E-state index in [4.69, 9.17) is 5.11 Å². The van der Waals surface area contributed by atoms with Crippen LogP contribution in [0.1, 0.15) is 11.1 Å². The Balaban J connectivity index is 2.47. The van der Waals surface area contributed by atoms with Gasteiger partial charge in [0.2, 0.25) is 0 Å². The van der Waals surface area contributed by atoms with Crippen LogP contribution in [-0.4, -0.2) is 30.2 Å². The van der Waals surface area contributed by atoms with Crippen molar-refractivity contribution in [3.63, 3.8) is 0 Å². The van der Waals surface area contributed by atoms with Crippen LogP contribution in [0, 0.1) is 13.8 Å². The van der Waals surface area contributed by atoms with E-state index in [1.165, 1.54) is 0 Å². The summed E-state index contributed by atoms with van der Waals surface area (Å²) in [6.07, 6.45) is 0. The second-order valence-electron chi connectivity index (χ2n) is 5.45. The number of aryl methyl sites for hydroxylation is 3. The lowest BCUT2D eigenvalue weighted by Crippen LogP contribution is -2.40. The zero-order chi connectivity index (χ0) is 16.9. The van der Waals surface area contributed by atoms with E-state index in [9.17, 15) is 14.4 Å². The molecule has 8 heteroatoms. The molecule has 1 aromatic carbocycles. The van der Waals surface area contributed by atoms with Gasteiger partial charge >= 0.3 is 11.7 Å². The van der Waals surface area contributed by atoms with E-state index in [2.05, 4.69) is 9.97 Å². The highest BCUT2D eigenvalue weighted by atomic mass is 16.4. The Morgan fingerprint density at radius 2 is 1.83 bits per heavy atom. The number of carboxylic acids is 1. The monoisotopic (exact) mass is 314 g/mol. The summed E-state index contributed by atoms with van der Waals surface area (Å²) in [5, 5.41) is 8.83. The molecule has 0 atom stereocenters. The predicted molar refractivity (Wildman–Crippen MR) is 82.8 cm³/mol. The predicted octanol–water partition coefficient (Wildman–Crippen LogP) is 0.296. The van der Waals surface area contributed by atoms with Crippen molar-refractivity contribution in [2.45, 2.75) is 20.4 Å². The maximum atomic E-state index is 12.4. The van der Waals surface area contributed by atoms with Crippen molar-refractivity contribution >= 4 is 17.0 Å². The van der Waals surface area contributed by atoms with Gasteiger partial charge in [-0.25, -0.2) is 14.3 Å². The van der Waals surface area contributed by atoms with Crippen molar-refractivity contribution in [2.24, 2.45) is 7.05 Å². The third-order valence-electron chi connectivity index (χ3n) is 3.89. The zero-order valence-electron chi connectivity index (χ0n) is 12.8. The molecular weight excluding hydrogens is 300 g/mol. The lowest BCUT2D eigenvalue weighted by atomic mass is 10.1. The molecule has 3 rings (SSSR count). The fourth-order valence-corrected chi connectivity index (χ4v) is 2.50. The molecule has 23 heavy (non-hydrogen) atoms. The number of rotatable bonds is 2. The first-order valence-electron chi connectivity index (χ1n) is 6.90. The quantitative estimate of drug-likeness (QED) is 0.682. The van der Waals surface area contributed by atoms with Gasteiger partial charge in [0.1, 0.15) is 6.54 Å². The fourth-order valence-electron chi connectivity index (χ4n) is 2.50. The van der Waals surface area contributed by atoms with E-state index in [-0.39, 0.29) is 11.5 Å². The lowest BCUT2D eigenvalue weighted by Gasteiger charge is -2.15. The number of carbonyl (C=O) groups is 1. The van der Waals surface area contributed by atoms with Crippen molar-refractivity contribution in [1.29, 1.82) is 0 Å². The largest absolute Gasteiger partial charge is 0.480 e. The highest BCUT2D eigenvalue weighted by Gasteiger charge is 2.21. The van der Waals surface area contributed by atoms with Crippen LogP contribution in [0.25, 0.3) is 22.6 Å². The van der Waals surface area contributed by atoms with Crippen LogP contribution < -0.4 is 11.2 Å². The van der Waals surface area contributed by atoms with Gasteiger partial charge in [-0.15, -0.1) is 0 Å². The highest BCUT2D eigenvalue weighted by Crippen LogP contribution is 2.22. The van der Waals surface area contributed by atoms with E-state index in [0.717, 1.165) is 16.6 Å². The molecule has 2 aliphatic rings. The highest BCUT2D eigenvalue weighted by molar-refractivity contribution is 5.80. The maximum Gasteiger partial charge on any atom is 0.353 e. The van der Waals surface area contributed by atoms with Gasteiger partial charge in [0, 0.05) is 7.05 Å². The summed E-state index contributed by atoms with van der Waals surface area (Å²) in [6, 6.07) is 3.75. The first-order chi connectivity index (χ1) is 10.8. The standard InChI is InChI=1S/C15H14N4O4/c1-7-4-9-10(5-8(7)2)18(3)13-12(16-9)14(22)19(6-11(20)21)15(23)17-13/h4-5H,6H2,1-3H3,(H,20,21). The number of aliphatic carboxylic acids is 1. The molecule has 1 aromatic rings. The molecule has 8 nitrogen and oxygen atoms in total. The van der Waals surface area contributed by atoms with Gasteiger partial charge in [-0.3, -0.25) is 9.59 Å². The van der Waals surface area contributed by atoms with Crippen LogP contribution >= 0.6 is 0 Å². The van der Waals surface area contributed by atoms with Gasteiger partial charge < -0.3 is 9.67 Å². The van der Waals surface area contributed by atoms with Crippen molar-refractivity contribution in [2.75, 3.05) is 0 Å². The topological polar surface area (TPSA) is 107 Å². The minimum atomic E-state index is -1.29. The molecule has 118 valence electrons. The Hall–Kier alpha value is -3.03. The second kappa shape index (κ2) is 5.01. The molecule has 0 aliphatic carbocycles.